The molecule has 1 aromatic heterocycles. The summed E-state index contributed by atoms with van der Waals surface area (Å²) in [6.07, 6.45) is 0. The highest BCUT2D eigenvalue weighted by Gasteiger charge is 2.13. The third kappa shape index (κ3) is 2.84. The molecule has 0 amide bonds. The summed E-state index contributed by atoms with van der Waals surface area (Å²) in [4.78, 5) is 14.8. The van der Waals surface area contributed by atoms with Crippen LogP contribution in [0.1, 0.15) is 16.3 Å². The van der Waals surface area contributed by atoms with E-state index >= 15 is 0 Å². The lowest BCUT2D eigenvalue weighted by atomic mass is 10.2. The largest absolute Gasteiger partial charge is 0.373 e. The summed E-state index contributed by atoms with van der Waals surface area (Å²) >= 11 is 1.54. The van der Waals surface area contributed by atoms with Crippen LogP contribution in [-0.4, -0.2) is 9.91 Å². The lowest BCUT2D eigenvalue weighted by Crippen LogP contribution is -2.02. The first-order valence-electron chi connectivity index (χ1n) is 5.46. The average molecular weight is 263 g/mol. The molecule has 2 rings (SSSR count). The molecule has 1 heterocycles. The number of nitrogens with one attached hydrogen (secondary N) is 1. The molecule has 18 heavy (non-hydrogen) atoms. The van der Waals surface area contributed by atoms with Crippen LogP contribution in [0, 0.1) is 24.0 Å². The number of anilines is 1. The number of hydrogen-bond acceptors (Lipinski definition) is 5. The predicted molar refractivity (Wildman–Crippen MR) is 72.0 cm³/mol. The molecule has 6 heteroatoms. The van der Waals surface area contributed by atoms with Crippen molar-refractivity contribution in [3.8, 4) is 0 Å². The van der Waals surface area contributed by atoms with Gasteiger partial charge in [-0.05, 0) is 25.5 Å². The lowest BCUT2D eigenvalue weighted by molar-refractivity contribution is -0.384. The van der Waals surface area contributed by atoms with Crippen molar-refractivity contribution in [1.29, 1.82) is 0 Å². The molecule has 0 saturated heterocycles. The van der Waals surface area contributed by atoms with E-state index in [1.165, 1.54) is 6.07 Å². The molecule has 0 aliphatic carbocycles. The molecule has 0 aliphatic rings. The van der Waals surface area contributed by atoms with E-state index < -0.39 is 0 Å². The van der Waals surface area contributed by atoms with Crippen molar-refractivity contribution >= 4 is 22.7 Å². The van der Waals surface area contributed by atoms with Gasteiger partial charge in [-0.3, -0.25) is 10.1 Å². The number of thiazole rings is 1. The summed E-state index contributed by atoms with van der Waals surface area (Å²) in [5, 5.41) is 16.9. The second-order valence-electron chi connectivity index (χ2n) is 4.01. The number of nitro groups is 1. The summed E-state index contributed by atoms with van der Waals surface area (Å²) in [5.74, 6) is 0. The highest BCUT2D eigenvalue weighted by Crippen LogP contribution is 2.26. The number of aromatic nitrogens is 1. The van der Waals surface area contributed by atoms with Gasteiger partial charge in [-0.25, -0.2) is 4.98 Å². The van der Waals surface area contributed by atoms with E-state index in [1.54, 1.807) is 23.5 Å². The van der Waals surface area contributed by atoms with Crippen LogP contribution in [0.5, 0.6) is 0 Å². The Balaban J connectivity index is 2.17. The molecule has 0 unspecified atom stereocenters. The van der Waals surface area contributed by atoms with Gasteiger partial charge in [-0.1, -0.05) is 6.07 Å². The van der Waals surface area contributed by atoms with Crippen LogP contribution in [0.25, 0.3) is 0 Å². The van der Waals surface area contributed by atoms with Gasteiger partial charge >= 0.3 is 0 Å². The van der Waals surface area contributed by atoms with Gasteiger partial charge in [0.25, 0.3) is 5.69 Å². The number of aryl methyl sites for hydroxylation is 2. The molecule has 0 fully saturated rings. The fourth-order valence-corrected chi connectivity index (χ4v) is 2.32. The molecule has 0 aliphatic heterocycles. The molecule has 2 aromatic rings. The van der Waals surface area contributed by atoms with Crippen molar-refractivity contribution in [2.75, 3.05) is 5.32 Å². The van der Waals surface area contributed by atoms with Crippen molar-refractivity contribution < 1.29 is 4.92 Å². The zero-order chi connectivity index (χ0) is 13.1. The third-order valence-corrected chi connectivity index (χ3v) is 3.41. The van der Waals surface area contributed by atoms with Gasteiger partial charge < -0.3 is 5.32 Å². The maximum atomic E-state index is 10.9. The quantitative estimate of drug-likeness (QED) is 0.679. The van der Waals surface area contributed by atoms with Gasteiger partial charge in [0.15, 0.2) is 0 Å². The Bertz CT molecular complexity index is 580. The molecule has 5 nitrogen and oxygen atoms in total. The summed E-state index contributed by atoms with van der Waals surface area (Å²) in [7, 11) is 0. The standard InChI is InChI=1S/C12H13N3O2S/c1-8-3-4-11(15(16)17)10(5-8)13-6-12-14-9(2)7-18-12/h3-5,7,13H,6H2,1-2H3. The maximum Gasteiger partial charge on any atom is 0.292 e. The van der Waals surface area contributed by atoms with Crippen molar-refractivity contribution in [2.45, 2.75) is 20.4 Å². The normalized spacial score (nSPS) is 10.3. The first-order valence-corrected chi connectivity index (χ1v) is 6.34. The second-order valence-corrected chi connectivity index (χ2v) is 4.96. The third-order valence-electron chi connectivity index (χ3n) is 2.45. The Kier molecular flexibility index (Phi) is 3.57. The Morgan fingerprint density at radius 2 is 2.22 bits per heavy atom. The molecule has 1 aromatic carbocycles. The molecule has 0 saturated carbocycles. The SMILES string of the molecule is Cc1ccc([N+](=O)[O-])c(NCc2nc(C)cs2)c1. The smallest absolute Gasteiger partial charge is 0.292 e. The summed E-state index contributed by atoms with van der Waals surface area (Å²) in [6, 6.07) is 5.03. The number of benzene rings is 1. The van der Waals surface area contributed by atoms with Crippen LogP contribution in [0.3, 0.4) is 0 Å². The lowest BCUT2D eigenvalue weighted by Gasteiger charge is -2.06. The number of rotatable bonds is 4. The van der Waals surface area contributed by atoms with Gasteiger partial charge in [0, 0.05) is 17.1 Å². The molecular formula is C12H13N3O2S. The first-order chi connectivity index (χ1) is 8.56. The van der Waals surface area contributed by atoms with Crippen molar-refractivity contribution in [2.24, 2.45) is 0 Å². The minimum absolute atomic E-state index is 0.0916. The van der Waals surface area contributed by atoms with Crippen LogP contribution in [-0.2, 0) is 6.54 Å². The molecule has 0 atom stereocenters. The van der Waals surface area contributed by atoms with E-state index in [4.69, 9.17) is 0 Å². The van der Waals surface area contributed by atoms with Crippen LogP contribution in [0.4, 0.5) is 11.4 Å². The van der Waals surface area contributed by atoms with Gasteiger partial charge in [0.2, 0.25) is 0 Å². The average Bonchev–Trinajstić information content (AvgIpc) is 2.72. The monoisotopic (exact) mass is 263 g/mol. The minimum atomic E-state index is -0.380. The highest BCUT2D eigenvalue weighted by molar-refractivity contribution is 7.09. The molecule has 0 radical (unpaired) electrons. The first kappa shape index (κ1) is 12.5. The number of nitro benzene ring substituents is 1. The van der Waals surface area contributed by atoms with Crippen molar-refractivity contribution in [1.82, 2.24) is 4.98 Å². The number of hydrogen-bond donors (Lipinski definition) is 1. The number of nitrogens with zero attached hydrogens (tertiary/aromatic N) is 2. The Morgan fingerprint density at radius 3 is 2.83 bits per heavy atom. The molecule has 94 valence electrons. The summed E-state index contributed by atoms with van der Waals surface area (Å²) in [6.45, 7) is 4.33. The molecule has 1 N–H and O–H groups in total. The van der Waals surface area contributed by atoms with Crippen LogP contribution in [0.2, 0.25) is 0 Å². The van der Waals surface area contributed by atoms with Gasteiger partial charge in [0.1, 0.15) is 10.7 Å². The minimum Gasteiger partial charge on any atom is -0.373 e. The Hall–Kier alpha value is -1.95. The predicted octanol–water partition coefficient (Wildman–Crippen LogP) is 3.28. The van der Waals surface area contributed by atoms with Crippen molar-refractivity contribution in [3.63, 3.8) is 0 Å². The fourth-order valence-electron chi connectivity index (χ4n) is 1.61. The topological polar surface area (TPSA) is 68.1 Å². The summed E-state index contributed by atoms with van der Waals surface area (Å²) in [5.41, 5.74) is 2.58. The van der Waals surface area contributed by atoms with E-state index in [-0.39, 0.29) is 10.6 Å². The van der Waals surface area contributed by atoms with Gasteiger partial charge in [0.05, 0.1) is 11.5 Å². The highest BCUT2D eigenvalue weighted by atomic mass is 32.1. The Labute approximate surface area is 109 Å². The van der Waals surface area contributed by atoms with E-state index in [2.05, 4.69) is 10.3 Å². The zero-order valence-electron chi connectivity index (χ0n) is 10.1. The fraction of sp³-hybridized carbons (Fsp3) is 0.250. The molecule has 0 spiro atoms. The van der Waals surface area contributed by atoms with Crippen molar-refractivity contribution in [3.05, 3.63) is 50.0 Å². The maximum absolute atomic E-state index is 10.9. The van der Waals surface area contributed by atoms with E-state index in [1.807, 2.05) is 19.2 Å². The van der Waals surface area contributed by atoms with Crippen LogP contribution in [0.15, 0.2) is 23.6 Å². The van der Waals surface area contributed by atoms with Gasteiger partial charge in [-0.2, -0.15) is 0 Å². The zero-order valence-corrected chi connectivity index (χ0v) is 11.0. The van der Waals surface area contributed by atoms with E-state index in [9.17, 15) is 10.1 Å². The van der Waals surface area contributed by atoms with Crippen LogP contribution >= 0.6 is 11.3 Å². The van der Waals surface area contributed by atoms with E-state index in [0.29, 0.717) is 12.2 Å². The van der Waals surface area contributed by atoms with Crippen LogP contribution < -0.4 is 5.32 Å². The Morgan fingerprint density at radius 1 is 1.44 bits per heavy atom. The van der Waals surface area contributed by atoms with Gasteiger partial charge in [-0.15, -0.1) is 11.3 Å². The molecular weight excluding hydrogens is 250 g/mol. The van der Waals surface area contributed by atoms with E-state index in [0.717, 1.165) is 16.3 Å². The second kappa shape index (κ2) is 5.14. The summed E-state index contributed by atoms with van der Waals surface area (Å²) < 4.78 is 0. The molecule has 0 bridgehead atoms.